The molecule has 0 radical (unpaired) electrons. The minimum absolute atomic E-state index is 0.0673. The minimum Gasteiger partial charge on any atom is -0.349 e. The second-order valence-corrected chi connectivity index (χ2v) is 9.35. The predicted octanol–water partition coefficient (Wildman–Crippen LogP) is 2.14. The quantitative estimate of drug-likeness (QED) is 0.890. The van der Waals surface area contributed by atoms with Gasteiger partial charge in [0.15, 0.2) is 9.84 Å². The molecule has 1 amide bonds. The van der Waals surface area contributed by atoms with Crippen LogP contribution in [-0.2, 0) is 9.84 Å². The van der Waals surface area contributed by atoms with Gasteiger partial charge in [-0.05, 0) is 25.2 Å². The van der Waals surface area contributed by atoms with Gasteiger partial charge in [0.2, 0.25) is 0 Å². The highest BCUT2D eigenvalue weighted by Gasteiger charge is 2.31. The summed E-state index contributed by atoms with van der Waals surface area (Å²) in [5, 5.41) is 7.52. The molecule has 2 atom stereocenters. The number of aromatic nitrogens is 2. The van der Waals surface area contributed by atoms with Crippen molar-refractivity contribution in [1.82, 2.24) is 15.1 Å². The van der Waals surface area contributed by atoms with Gasteiger partial charge in [-0.3, -0.25) is 9.48 Å². The Morgan fingerprint density at radius 1 is 1.30 bits per heavy atom. The summed E-state index contributed by atoms with van der Waals surface area (Å²) in [4.78, 5) is 12.6. The first-order valence-electron chi connectivity index (χ1n) is 8.21. The van der Waals surface area contributed by atoms with Gasteiger partial charge >= 0.3 is 0 Å². The molecule has 1 saturated heterocycles. The average Bonchev–Trinajstić information content (AvgIpc) is 3.01. The Morgan fingerprint density at radius 3 is 2.43 bits per heavy atom. The number of rotatable bonds is 5. The van der Waals surface area contributed by atoms with Crippen LogP contribution in [0.4, 0.5) is 0 Å². The molecule has 0 saturated carbocycles. The molecular formula is C16H27N3O3S. The summed E-state index contributed by atoms with van der Waals surface area (Å²) < 4.78 is 25.0. The monoisotopic (exact) mass is 341 g/mol. The highest BCUT2D eigenvalue weighted by molar-refractivity contribution is 7.91. The maximum atomic E-state index is 12.6. The van der Waals surface area contributed by atoms with Gasteiger partial charge in [-0.25, -0.2) is 8.42 Å². The van der Waals surface area contributed by atoms with Crippen molar-refractivity contribution in [3.8, 4) is 0 Å². The fraction of sp³-hybridized carbons (Fsp3) is 0.750. The molecule has 1 aromatic heterocycles. The van der Waals surface area contributed by atoms with E-state index in [4.69, 9.17) is 0 Å². The van der Waals surface area contributed by atoms with Gasteiger partial charge in [-0.1, -0.05) is 27.7 Å². The Morgan fingerprint density at radius 2 is 1.96 bits per heavy atom. The SMILES string of the molecule is CC(C)c1nn([C@@H]2CCS(=O)(=O)C2)cc1C(=O)N[C@@H](C)C(C)C. The number of nitrogens with zero attached hydrogens (tertiary/aromatic N) is 2. The van der Waals surface area contributed by atoms with E-state index in [9.17, 15) is 13.2 Å². The molecule has 0 bridgehead atoms. The molecule has 130 valence electrons. The molecule has 7 heteroatoms. The van der Waals surface area contributed by atoms with Crippen LogP contribution in [0, 0.1) is 5.92 Å². The molecule has 1 aliphatic heterocycles. The van der Waals surface area contributed by atoms with Crippen LogP contribution >= 0.6 is 0 Å². The molecule has 0 aliphatic carbocycles. The lowest BCUT2D eigenvalue weighted by Gasteiger charge is -2.17. The van der Waals surface area contributed by atoms with Gasteiger partial charge in [0.25, 0.3) is 5.91 Å². The van der Waals surface area contributed by atoms with Crippen LogP contribution < -0.4 is 5.32 Å². The summed E-state index contributed by atoms with van der Waals surface area (Å²) in [6, 6.07) is -0.0979. The lowest BCUT2D eigenvalue weighted by molar-refractivity contribution is 0.0929. The van der Waals surface area contributed by atoms with E-state index in [0.717, 1.165) is 5.69 Å². The number of hydrogen-bond donors (Lipinski definition) is 1. The van der Waals surface area contributed by atoms with E-state index in [-0.39, 0.29) is 35.4 Å². The predicted molar refractivity (Wildman–Crippen MR) is 90.4 cm³/mol. The summed E-state index contributed by atoms with van der Waals surface area (Å²) in [5.41, 5.74) is 1.28. The van der Waals surface area contributed by atoms with E-state index < -0.39 is 9.84 Å². The van der Waals surface area contributed by atoms with Gasteiger partial charge in [-0.2, -0.15) is 5.10 Å². The largest absolute Gasteiger partial charge is 0.349 e. The van der Waals surface area contributed by atoms with Gasteiger partial charge in [0.1, 0.15) is 0 Å². The number of carbonyl (C=O) groups excluding carboxylic acids is 1. The fourth-order valence-corrected chi connectivity index (χ4v) is 4.33. The van der Waals surface area contributed by atoms with Crippen LogP contribution in [0.3, 0.4) is 0 Å². The standard InChI is InChI=1S/C16H27N3O3S/c1-10(2)12(5)17-16(20)14-8-19(18-15(14)11(3)4)13-6-7-23(21,22)9-13/h8,10-13H,6-7,9H2,1-5H3,(H,17,20)/t12-,13+/m0/s1. The normalized spacial score (nSPS) is 21.8. The molecule has 0 aromatic carbocycles. The molecule has 1 aromatic rings. The smallest absolute Gasteiger partial charge is 0.254 e. The maximum absolute atomic E-state index is 12.6. The number of hydrogen-bond acceptors (Lipinski definition) is 4. The van der Waals surface area contributed by atoms with Crippen LogP contribution in [0.15, 0.2) is 6.20 Å². The van der Waals surface area contributed by atoms with E-state index in [1.54, 1.807) is 10.9 Å². The van der Waals surface area contributed by atoms with Gasteiger partial charge in [-0.15, -0.1) is 0 Å². The summed E-state index contributed by atoms with van der Waals surface area (Å²) in [6.45, 7) is 10.1. The highest BCUT2D eigenvalue weighted by Crippen LogP contribution is 2.26. The second-order valence-electron chi connectivity index (χ2n) is 7.13. The zero-order valence-corrected chi connectivity index (χ0v) is 15.4. The van der Waals surface area contributed by atoms with Crippen LogP contribution in [0.25, 0.3) is 0 Å². The van der Waals surface area contributed by atoms with E-state index in [2.05, 4.69) is 24.3 Å². The van der Waals surface area contributed by atoms with Crippen LogP contribution in [0.2, 0.25) is 0 Å². The molecule has 0 spiro atoms. The maximum Gasteiger partial charge on any atom is 0.254 e. The third kappa shape index (κ3) is 4.13. The van der Waals surface area contributed by atoms with Crippen molar-refractivity contribution in [2.75, 3.05) is 11.5 Å². The second kappa shape index (κ2) is 6.63. The first-order valence-corrected chi connectivity index (χ1v) is 10.0. The van der Waals surface area contributed by atoms with E-state index >= 15 is 0 Å². The number of amides is 1. The molecule has 6 nitrogen and oxygen atoms in total. The van der Waals surface area contributed by atoms with E-state index in [1.807, 2.05) is 20.8 Å². The third-order valence-corrected chi connectivity index (χ3v) is 6.24. The molecule has 0 unspecified atom stereocenters. The Kier molecular flexibility index (Phi) is 5.18. The first-order chi connectivity index (χ1) is 10.6. The van der Waals surface area contributed by atoms with Crippen molar-refractivity contribution in [2.24, 2.45) is 5.92 Å². The van der Waals surface area contributed by atoms with Crippen molar-refractivity contribution in [1.29, 1.82) is 0 Å². The van der Waals surface area contributed by atoms with Crippen molar-refractivity contribution >= 4 is 15.7 Å². The summed E-state index contributed by atoms with van der Waals surface area (Å²) in [6.07, 6.45) is 2.27. The summed E-state index contributed by atoms with van der Waals surface area (Å²) in [7, 11) is -2.98. The minimum atomic E-state index is -2.98. The summed E-state index contributed by atoms with van der Waals surface area (Å²) >= 11 is 0. The molecule has 1 fully saturated rings. The van der Waals surface area contributed by atoms with Crippen molar-refractivity contribution in [3.63, 3.8) is 0 Å². The molecule has 1 aliphatic rings. The third-order valence-electron chi connectivity index (χ3n) is 4.49. The Balaban J connectivity index is 2.27. The Labute approximate surface area is 138 Å². The average molecular weight is 341 g/mol. The van der Waals surface area contributed by atoms with Gasteiger partial charge in [0.05, 0.1) is 28.8 Å². The van der Waals surface area contributed by atoms with Crippen molar-refractivity contribution in [3.05, 3.63) is 17.5 Å². The number of nitrogens with one attached hydrogen (secondary N) is 1. The van der Waals surface area contributed by atoms with E-state index in [1.165, 1.54) is 0 Å². The lowest BCUT2D eigenvalue weighted by atomic mass is 10.0. The number of sulfone groups is 1. The van der Waals surface area contributed by atoms with Gasteiger partial charge in [0, 0.05) is 12.2 Å². The highest BCUT2D eigenvalue weighted by atomic mass is 32.2. The molecular weight excluding hydrogens is 314 g/mol. The van der Waals surface area contributed by atoms with Crippen molar-refractivity contribution in [2.45, 2.75) is 59.0 Å². The lowest BCUT2D eigenvalue weighted by Crippen LogP contribution is -2.36. The summed E-state index contributed by atoms with van der Waals surface area (Å²) in [5.74, 6) is 0.610. The molecule has 2 rings (SSSR count). The van der Waals surface area contributed by atoms with E-state index in [0.29, 0.717) is 17.9 Å². The topological polar surface area (TPSA) is 81.1 Å². The fourth-order valence-electron chi connectivity index (χ4n) is 2.63. The Bertz CT molecular complexity index is 677. The van der Waals surface area contributed by atoms with Crippen LogP contribution in [0.5, 0.6) is 0 Å². The Hall–Kier alpha value is -1.37. The molecule has 1 N–H and O–H groups in total. The van der Waals surface area contributed by atoms with Crippen LogP contribution in [0.1, 0.15) is 69.1 Å². The van der Waals surface area contributed by atoms with Crippen molar-refractivity contribution < 1.29 is 13.2 Å². The molecule has 2 heterocycles. The zero-order valence-electron chi connectivity index (χ0n) is 14.5. The molecule has 23 heavy (non-hydrogen) atoms. The first kappa shape index (κ1) is 18.0. The van der Waals surface area contributed by atoms with Crippen LogP contribution in [-0.4, -0.2) is 41.7 Å². The van der Waals surface area contributed by atoms with Gasteiger partial charge < -0.3 is 5.32 Å². The zero-order chi connectivity index (χ0) is 17.4. The number of carbonyl (C=O) groups is 1.